The number of carbonyl (C=O) groups excluding carboxylic acids is 1. The molecule has 0 saturated heterocycles. The fourth-order valence-electron chi connectivity index (χ4n) is 0. The zero-order chi connectivity index (χ0) is 11.3. The Morgan fingerprint density at radius 3 is 1.54 bits per heavy atom. The van der Waals surface area contributed by atoms with Gasteiger partial charge in [-0.3, -0.25) is 4.79 Å². The van der Waals surface area contributed by atoms with Crippen molar-refractivity contribution in [1.82, 2.24) is 0 Å². The van der Waals surface area contributed by atoms with Gasteiger partial charge in [0.15, 0.2) is 0 Å². The van der Waals surface area contributed by atoms with Crippen LogP contribution in [0.15, 0.2) is 12.7 Å². The molecule has 0 fully saturated rings. The largest absolute Gasteiger partial charge is 0.366 e. The van der Waals surface area contributed by atoms with E-state index in [1.165, 1.54) is 0 Å². The van der Waals surface area contributed by atoms with Crippen LogP contribution in [-0.4, -0.2) is 16.3 Å². The molecule has 1 amide bonds. The summed E-state index contributed by atoms with van der Waals surface area (Å²) in [6.07, 6.45) is 1.06. The number of primary amides is 1. The first-order valence-electron chi connectivity index (χ1n) is 3.92. The summed E-state index contributed by atoms with van der Waals surface area (Å²) in [5, 5.41) is 0. The van der Waals surface area contributed by atoms with Crippen LogP contribution in [0.1, 0.15) is 27.7 Å². The van der Waals surface area contributed by atoms with Crippen molar-refractivity contribution in [1.29, 1.82) is 0 Å². The van der Waals surface area contributed by atoms with Crippen LogP contribution in [0.25, 0.3) is 0 Å². The molecule has 0 heterocycles. The zero-order valence-electron chi connectivity index (χ0n) is 8.73. The van der Waals surface area contributed by atoms with Gasteiger partial charge in [0, 0.05) is 5.54 Å². The Labute approximate surface area is 85.1 Å². The lowest BCUT2D eigenvalue weighted by molar-refractivity contribution is -0.113. The summed E-state index contributed by atoms with van der Waals surface area (Å²) in [6, 6.07) is 0. The summed E-state index contributed by atoms with van der Waals surface area (Å²) < 4.78 is 0. The monoisotopic (exact) mass is 206 g/mol. The maximum atomic E-state index is 9.47. The summed E-state index contributed by atoms with van der Waals surface area (Å²) in [5.41, 5.74) is 9.92. The third kappa shape index (κ3) is 9.37. The van der Waals surface area contributed by atoms with Crippen molar-refractivity contribution in [3.05, 3.63) is 12.7 Å². The smallest absolute Gasteiger partial charge is 0.240 e. The molecule has 0 aromatic heterocycles. The Kier molecular flexibility index (Phi) is 6.04. The van der Waals surface area contributed by atoms with Crippen molar-refractivity contribution in [2.75, 3.05) is 0 Å². The second-order valence-corrected chi connectivity index (χ2v) is 4.75. The van der Waals surface area contributed by atoms with Gasteiger partial charge in [0.2, 0.25) is 5.91 Å². The Morgan fingerprint density at radius 2 is 1.54 bits per heavy atom. The lowest BCUT2D eigenvalue weighted by Gasteiger charge is -2.32. The number of hydrogen-bond acceptors (Lipinski definition) is 2. The van der Waals surface area contributed by atoms with Gasteiger partial charge in [0.1, 0.15) is 0 Å². The van der Waals surface area contributed by atoms with E-state index in [4.69, 9.17) is 17.3 Å². The lowest BCUT2D eigenvalue weighted by Crippen LogP contribution is -2.48. The average Bonchev–Trinajstić information content (AvgIpc) is 1.84. The minimum absolute atomic E-state index is 0.297. The van der Waals surface area contributed by atoms with Crippen LogP contribution < -0.4 is 11.5 Å². The Morgan fingerprint density at radius 1 is 1.38 bits per heavy atom. The third-order valence-electron chi connectivity index (χ3n) is 1.73. The number of halogens is 1. The van der Waals surface area contributed by atoms with E-state index < -0.39 is 5.91 Å². The molecule has 4 N–H and O–H groups in total. The highest BCUT2D eigenvalue weighted by molar-refractivity contribution is 6.24. The number of carbonyl (C=O) groups is 1. The molecule has 0 aliphatic rings. The highest BCUT2D eigenvalue weighted by Crippen LogP contribution is 2.24. The quantitative estimate of drug-likeness (QED) is 0.530. The Balaban J connectivity index is 0. The van der Waals surface area contributed by atoms with Crippen molar-refractivity contribution in [2.45, 2.75) is 38.1 Å². The van der Waals surface area contributed by atoms with E-state index in [0.29, 0.717) is 0 Å². The normalized spacial score (nSPS) is 11.2. The van der Waals surface area contributed by atoms with Gasteiger partial charge in [-0.05, 0) is 33.8 Å². The summed E-state index contributed by atoms with van der Waals surface area (Å²) in [7, 11) is 0. The summed E-state index contributed by atoms with van der Waals surface area (Å²) in [5.74, 6) is -0.481. The topological polar surface area (TPSA) is 69.1 Å². The molecule has 0 saturated carbocycles. The van der Waals surface area contributed by atoms with Crippen LogP contribution in [0.2, 0.25) is 0 Å². The molecule has 0 atom stereocenters. The van der Waals surface area contributed by atoms with Crippen LogP contribution in [0.3, 0.4) is 0 Å². The third-order valence-corrected chi connectivity index (χ3v) is 2.22. The van der Waals surface area contributed by atoms with E-state index in [1.54, 1.807) is 0 Å². The molecule has 4 heteroatoms. The van der Waals surface area contributed by atoms with Gasteiger partial charge in [-0.1, -0.05) is 6.58 Å². The molecule has 0 rings (SSSR count). The zero-order valence-corrected chi connectivity index (χ0v) is 9.48. The van der Waals surface area contributed by atoms with Crippen molar-refractivity contribution in [3.8, 4) is 0 Å². The van der Waals surface area contributed by atoms with Gasteiger partial charge in [-0.25, -0.2) is 0 Å². The van der Waals surface area contributed by atoms with E-state index in [0.717, 1.165) is 6.08 Å². The molecule has 0 unspecified atom stereocenters. The molecule has 0 bridgehead atoms. The van der Waals surface area contributed by atoms with E-state index in [9.17, 15) is 4.79 Å². The molecular formula is C9H19ClN2O. The fourth-order valence-corrected chi connectivity index (χ4v) is 0. The average molecular weight is 207 g/mol. The first kappa shape index (κ1) is 15.0. The number of amides is 1. The number of nitrogens with two attached hydrogens (primary N) is 2. The van der Waals surface area contributed by atoms with Crippen molar-refractivity contribution in [3.63, 3.8) is 0 Å². The van der Waals surface area contributed by atoms with Gasteiger partial charge in [0.25, 0.3) is 0 Å². The summed E-state index contributed by atoms with van der Waals surface area (Å²) in [4.78, 5) is 9.16. The summed E-state index contributed by atoms with van der Waals surface area (Å²) >= 11 is 5.88. The van der Waals surface area contributed by atoms with E-state index in [-0.39, 0.29) is 10.4 Å². The minimum atomic E-state index is -0.481. The minimum Gasteiger partial charge on any atom is -0.366 e. The predicted octanol–water partition coefficient (Wildman–Crippen LogP) is 1.40. The maximum absolute atomic E-state index is 9.47. The molecular weight excluding hydrogens is 188 g/mol. The number of alkyl halides is 1. The van der Waals surface area contributed by atoms with Gasteiger partial charge in [-0.2, -0.15) is 0 Å². The number of hydrogen-bond donors (Lipinski definition) is 2. The standard InChI is InChI=1S/C6H14ClN.C3H5NO/c1-5(2,7)6(3,4)8;1-2-3(4)5/h8H2,1-4H3;2H,1H2,(H2,4,5). The molecule has 0 aromatic rings. The summed E-state index contributed by atoms with van der Waals surface area (Å²) in [6.45, 7) is 10.7. The fraction of sp³-hybridized carbons (Fsp3) is 0.667. The van der Waals surface area contributed by atoms with E-state index in [2.05, 4.69) is 12.3 Å². The molecule has 0 radical (unpaired) electrons. The van der Waals surface area contributed by atoms with Crippen molar-refractivity contribution in [2.24, 2.45) is 11.5 Å². The van der Waals surface area contributed by atoms with Gasteiger partial charge >= 0.3 is 0 Å². The maximum Gasteiger partial charge on any atom is 0.240 e. The Bertz CT molecular complexity index is 165. The SMILES string of the molecule is C=CC(N)=O.CC(C)(N)C(C)(C)Cl. The molecule has 0 spiro atoms. The van der Waals surface area contributed by atoms with Crippen molar-refractivity contribution >= 4 is 17.5 Å². The second kappa shape index (κ2) is 5.25. The molecule has 0 aliphatic carbocycles. The molecule has 0 aromatic carbocycles. The number of rotatable bonds is 2. The highest BCUT2D eigenvalue weighted by Gasteiger charge is 2.30. The van der Waals surface area contributed by atoms with Crippen LogP contribution in [0, 0.1) is 0 Å². The molecule has 3 nitrogen and oxygen atoms in total. The van der Waals surface area contributed by atoms with Crippen LogP contribution in [0.4, 0.5) is 0 Å². The van der Waals surface area contributed by atoms with Crippen LogP contribution >= 0.6 is 11.6 Å². The molecule has 0 aliphatic heterocycles. The highest BCUT2D eigenvalue weighted by atomic mass is 35.5. The molecule has 13 heavy (non-hydrogen) atoms. The second-order valence-electron chi connectivity index (χ2n) is 3.80. The predicted molar refractivity (Wildman–Crippen MR) is 57.6 cm³/mol. The lowest BCUT2D eigenvalue weighted by atomic mass is 9.91. The van der Waals surface area contributed by atoms with Crippen molar-refractivity contribution < 1.29 is 4.79 Å². The Hall–Kier alpha value is -0.540. The van der Waals surface area contributed by atoms with E-state index in [1.807, 2.05) is 27.7 Å². The first-order chi connectivity index (χ1) is 5.52. The molecule has 78 valence electrons. The van der Waals surface area contributed by atoms with Crippen LogP contribution in [-0.2, 0) is 4.79 Å². The van der Waals surface area contributed by atoms with Gasteiger partial charge < -0.3 is 11.5 Å². The first-order valence-corrected chi connectivity index (χ1v) is 4.30. The van der Waals surface area contributed by atoms with Crippen LogP contribution in [0.5, 0.6) is 0 Å². The van der Waals surface area contributed by atoms with E-state index >= 15 is 0 Å². The van der Waals surface area contributed by atoms with Gasteiger partial charge in [-0.15, -0.1) is 11.6 Å². The van der Waals surface area contributed by atoms with Gasteiger partial charge in [0.05, 0.1) is 4.87 Å².